The first-order chi connectivity index (χ1) is 7.80. The highest BCUT2D eigenvalue weighted by atomic mass is 35.5. The van der Waals surface area contributed by atoms with Gasteiger partial charge in [-0.05, 0) is 6.92 Å². The Hall–Kier alpha value is -1.10. The van der Waals surface area contributed by atoms with E-state index >= 15 is 0 Å². The lowest BCUT2D eigenvalue weighted by atomic mass is 10.2. The summed E-state index contributed by atoms with van der Waals surface area (Å²) in [6, 6.07) is 1.97. The Morgan fingerprint density at radius 1 is 1.71 bits per heavy atom. The van der Waals surface area contributed by atoms with Gasteiger partial charge in [0.2, 0.25) is 5.03 Å². The van der Waals surface area contributed by atoms with Crippen LogP contribution < -0.4 is 0 Å². The normalized spacial score (nSPS) is 13.6. The minimum Gasteiger partial charge on any atom is -0.324 e. The highest BCUT2D eigenvalue weighted by Crippen LogP contribution is 2.22. The van der Waals surface area contributed by atoms with Gasteiger partial charge in [-0.15, -0.1) is 0 Å². The van der Waals surface area contributed by atoms with Gasteiger partial charge in [0.15, 0.2) is 0 Å². The highest BCUT2D eigenvalue weighted by molar-refractivity contribution is 7.89. The van der Waals surface area contributed by atoms with Crippen molar-refractivity contribution >= 4 is 21.6 Å². The summed E-state index contributed by atoms with van der Waals surface area (Å²) in [5.74, 6) is -0.391. The number of nitrogens with zero attached hydrogens (tertiary/aromatic N) is 4. The van der Waals surface area contributed by atoms with Crippen molar-refractivity contribution in [1.29, 1.82) is 5.26 Å². The number of imidazole rings is 1. The standard InChI is InChI=1S/C9H13ClN4O2S/c1-7(4-11)5-14(3)17(15,16)9-8(10)13(2)6-12-9/h6-7H,5H2,1-3H3. The summed E-state index contributed by atoms with van der Waals surface area (Å²) in [7, 11) is -0.735. The lowest BCUT2D eigenvalue weighted by molar-refractivity contribution is 0.437. The molecule has 1 atom stereocenters. The summed E-state index contributed by atoms with van der Waals surface area (Å²) < 4.78 is 26.6. The fourth-order valence-electron chi connectivity index (χ4n) is 1.24. The van der Waals surface area contributed by atoms with Gasteiger partial charge >= 0.3 is 0 Å². The van der Waals surface area contributed by atoms with Crippen LogP contribution >= 0.6 is 11.6 Å². The first-order valence-electron chi connectivity index (χ1n) is 4.83. The molecule has 0 aromatic carbocycles. The van der Waals surface area contributed by atoms with Crippen LogP contribution in [0.25, 0.3) is 0 Å². The summed E-state index contributed by atoms with van der Waals surface area (Å²) in [5, 5.41) is 8.53. The van der Waals surface area contributed by atoms with E-state index in [1.54, 1.807) is 14.0 Å². The molecule has 0 radical (unpaired) electrons. The molecule has 1 aromatic heterocycles. The quantitative estimate of drug-likeness (QED) is 0.817. The molecule has 1 rings (SSSR count). The van der Waals surface area contributed by atoms with Crippen molar-refractivity contribution in [3.05, 3.63) is 11.5 Å². The van der Waals surface area contributed by atoms with Crippen molar-refractivity contribution in [2.45, 2.75) is 11.9 Å². The van der Waals surface area contributed by atoms with Gasteiger partial charge in [-0.2, -0.15) is 9.57 Å². The Bertz CT molecular complexity index is 546. The van der Waals surface area contributed by atoms with E-state index in [1.165, 1.54) is 17.9 Å². The molecule has 0 saturated carbocycles. The molecule has 0 aliphatic carbocycles. The maximum atomic E-state index is 12.1. The third-order valence-corrected chi connectivity index (χ3v) is 4.56. The first kappa shape index (κ1) is 14.0. The second-order valence-corrected chi connectivity index (χ2v) is 6.09. The Morgan fingerprint density at radius 3 is 2.71 bits per heavy atom. The molecule has 8 heteroatoms. The SMILES string of the molecule is CC(C#N)CN(C)S(=O)(=O)c1ncn(C)c1Cl. The van der Waals surface area contributed by atoms with Crippen LogP contribution in [0.4, 0.5) is 0 Å². The molecule has 1 unspecified atom stereocenters. The highest BCUT2D eigenvalue weighted by Gasteiger charge is 2.28. The maximum Gasteiger partial charge on any atom is 0.263 e. The number of rotatable bonds is 4. The zero-order valence-electron chi connectivity index (χ0n) is 9.75. The van der Waals surface area contributed by atoms with Crippen LogP contribution in [-0.2, 0) is 17.1 Å². The number of sulfonamides is 1. The van der Waals surface area contributed by atoms with E-state index in [0.717, 1.165) is 4.31 Å². The lowest BCUT2D eigenvalue weighted by Crippen LogP contribution is -2.31. The fraction of sp³-hybridized carbons (Fsp3) is 0.556. The zero-order valence-corrected chi connectivity index (χ0v) is 11.3. The molecule has 0 aliphatic rings. The minimum atomic E-state index is -3.74. The third-order valence-electron chi connectivity index (χ3n) is 2.24. The van der Waals surface area contributed by atoms with Crippen LogP contribution in [0.2, 0.25) is 5.15 Å². The van der Waals surface area contributed by atoms with Gasteiger partial charge < -0.3 is 4.57 Å². The Morgan fingerprint density at radius 2 is 2.29 bits per heavy atom. The Balaban J connectivity index is 3.05. The van der Waals surface area contributed by atoms with Crippen LogP contribution in [0, 0.1) is 17.2 Å². The molecule has 17 heavy (non-hydrogen) atoms. The number of aromatic nitrogens is 2. The topological polar surface area (TPSA) is 79.0 Å². The smallest absolute Gasteiger partial charge is 0.263 e. The number of hydrogen-bond donors (Lipinski definition) is 0. The van der Waals surface area contributed by atoms with E-state index < -0.39 is 15.9 Å². The lowest BCUT2D eigenvalue weighted by Gasteiger charge is -2.16. The van der Waals surface area contributed by atoms with Gasteiger partial charge in [-0.3, -0.25) is 0 Å². The summed E-state index contributed by atoms with van der Waals surface area (Å²) in [6.45, 7) is 1.75. The number of nitriles is 1. The monoisotopic (exact) mass is 276 g/mol. The van der Waals surface area contributed by atoms with E-state index in [-0.39, 0.29) is 16.7 Å². The predicted molar refractivity (Wildman–Crippen MR) is 62.8 cm³/mol. The van der Waals surface area contributed by atoms with Crippen molar-refractivity contribution in [2.75, 3.05) is 13.6 Å². The molecule has 0 bridgehead atoms. The van der Waals surface area contributed by atoms with Crippen LogP contribution in [0.1, 0.15) is 6.92 Å². The van der Waals surface area contributed by atoms with Gasteiger partial charge in [0.05, 0.1) is 18.3 Å². The molecule has 6 nitrogen and oxygen atoms in total. The van der Waals surface area contributed by atoms with Crippen LogP contribution in [0.3, 0.4) is 0 Å². The first-order valence-corrected chi connectivity index (χ1v) is 6.65. The van der Waals surface area contributed by atoms with E-state index in [9.17, 15) is 8.42 Å². The molecular formula is C9H13ClN4O2S. The molecule has 0 saturated heterocycles. The van der Waals surface area contributed by atoms with Gasteiger partial charge in [0.25, 0.3) is 10.0 Å². The number of halogens is 1. The average Bonchev–Trinajstić information content (AvgIpc) is 2.59. The predicted octanol–water partition coefficient (Wildman–Crippen LogP) is 0.854. The van der Waals surface area contributed by atoms with E-state index in [4.69, 9.17) is 16.9 Å². The number of aryl methyl sites for hydroxylation is 1. The van der Waals surface area contributed by atoms with Crippen LogP contribution in [0.15, 0.2) is 11.4 Å². The van der Waals surface area contributed by atoms with Gasteiger partial charge in [0.1, 0.15) is 5.15 Å². The summed E-state index contributed by atoms with van der Waals surface area (Å²) in [6.07, 6.45) is 1.33. The molecule has 0 fully saturated rings. The molecule has 0 aliphatic heterocycles. The average molecular weight is 277 g/mol. The summed E-state index contributed by atoms with van der Waals surface area (Å²) >= 11 is 5.84. The Labute approximate surface area is 105 Å². The largest absolute Gasteiger partial charge is 0.324 e. The summed E-state index contributed by atoms with van der Waals surface area (Å²) in [4.78, 5) is 3.76. The molecule has 1 heterocycles. The molecule has 0 spiro atoms. The van der Waals surface area contributed by atoms with Crippen molar-refractivity contribution in [1.82, 2.24) is 13.9 Å². The van der Waals surface area contributed by atoms with Gasteiger partial charge in [-0.1, -0.05) is 11.6 Å². The van der Waals surface area contributed by atoms with E-state index in [2.05, 4.69) is 4.98 Å². The van der Waals surface area contributed by atoms with Crippen molar-refractivity contribution in [2.24, 2.45) is 13.0 Å². The van der Waals surface area contributed by atoms with E-state index in [0.29, 0.717) is 0 Å². The van der Waals surface area contributed by atoms with Crippen molar-refractivity contribution < 1.29 is 8.42 Å². The summed E-state index contributed by atoms with van der Waals surface area (Å²) in [5.41, 5.74) is 0. The van der Waals surface area contributed by atoms with Crippen molar-refractivity contribution in [3.8, 4) is 6.07 Å². The van der Waals surface area contributed by atoms with Gasteiger partial charge in [0, 0.05) is 20.6 Å². The molecule has 94 valence electrons. The van der Waals surface area contributed by atoms with Crippen LogP contribution in [-0.4, -0.2) is 35.9 Å². The maximum absolute atomic E-state index is 12.1. The van der Waals surface area contributed by atoms with Crippen LogP contribution in [0.5, 0.6) is 0 Å². The number of hydrogen-bond acceptors (Lipinski definition) is 4. The van der Waals surface area contributed by atoms with Gasteiger partial charge in [-0.25, -0.2) is 13.4 Å². The van der Waals surface area contributed by atoms with E-state index in [1.807, 2.05) is 6.07 Å². The zero-order chi connectivity index (χ0) is 13.2. The molecular weight excluding hydrogens is 264 g/mol. The third kappa shape index (κ3) is 2.77. The molecule has 0 N–H and O–H groups in total. The Kier molecular flexibility index (Phi) is 4.14. The molecule has 1 aromatic rings. The minimum absolute atomic E-state index is 0.0569. The van der Waals surface area contributed by atoms with Crippen molar-refractivity contribution in [3.63, 3.8) is 0 Å². The molecule has 0 amide bonds. The fourth-order valence-corrected chi connectivity index (χ4v) is 2.88. The second-order valence-electron chi connectivity index (χ2n) is 3.77. The second kappa shape index (κ2) is 5.04.